The molecular weight excluding hydrogens is 288 g/mol. The van der Waals surface area contributed by atoms with Crippen LogP contribution >= 0.6 is 0 Å². The molecule has 0 radical (unpaired) electrons. The SMILES string of the molecule is CCc1ccccc1Nc1cc(C)nc2ccc(C(=O)O)cc12. The zero-order chi connectivity index (χ0) is 16.4. The van der Waals surface area contributed by atoms with Gasteiger partial charge in [-0.2, -0.15) is 0 Å². The Morgan fingerprint density at radius 2 is 1.91 bits per heavy atom. The van der Waals surface area contributed by atoms with Gasteiger partial charge in [-0.15, -0.1) is 0 Å². The normalized spacial score (nSPS) is 10.7. The lowest BCUT2D eigenvalue weighted by Crippen LogP contribution is -2.00. The Balaban J connectivity index is 2.15. The molecule has 0 spiro atoms. The fraction of sp³-hybridized carbons (Fsp3) is 0.158. The van der Waals surface area contributed by atoms with Crippen LogP contribution in [0.2, 0.25) is 0 Å². The molecule has 0 bridgehead atoms. The number of carboxylic acid groups (broad SMARTS) is 1. The van der Waals surface area contributed by atoms with Crippen LogP contribution in [0.4, 0.5) is 11.4 Å². The smallest absolute Gasteiger partial charge is 0.335 e. The molecule has 1 heterocycles. The predicted octanol–water partition coefficient (Wildman–Crippen LogP) is 4.55. The molecule has 0 fully saturated rings. The Bertz CT molecular complexity index is 888. The molecular formula is C19H18N2O2. The van der Waals surface area contributed by atoms with Crippen LogP contribution in [0.5, 0.6) is 0 Å². The molecule has 4 nitrogen and oxygen atoms in total. The van der Waals surface area contributed by atoms with Gasteiger partial charge in [0.2, 0.25) is 0 Å². The topological polar surface area (TPSA) is 62.2 Å². The molecule has 0 aliphatic heterocycles. The van der Waals surface area contributed by atoms with Crippen LogP contribution in [0.1, 0.15) is 28.5 Å². The van der Waals surface area contributed by atoms with Crippen LogP contribution < -0.4 is 5.32 Å². The Morgan fingerprint density at radius 1 is 1.13 bits per heavy atom. The van der Waals surface area contributed by atoms with E-state index in [1.807, 2.05) is 31.2 Å². The number of anilines is 2. The Labute approximate surface area is 134 Å². The summed E-state index contributed by atoms with van der Waals surface area (Å²) in [6, 6.07) is 15.1. The van der Waals surface area contributed by atoms with Crippen molar-refractivity contribution in [1.82, 2.24) is 4.98 Å². The van der Waals surface area contributed by atoms with Gasteiger partial charge in [0.25, 0.3) is 0 Å². The van der Waals surface area contributed by atoms with Gasteiger partial charge in [0.05, 0.1) is 11.1 Å². The van der Waals surface area contributed by atoms with Gasteiger partial charge in [-0.25, -0.2) is 4.79 Å². The highest BCUT2D eigenvalue weighted by atomic mass is 16.4. The number of nitrogens with one attached hydrogen (secondary N) is 1. The summed E-state index contributed by atoms with van der Waals surface area (Å²) in [4.78, 5) is 15.7. The average molecular weight is 306 g/mol. The number of pyridine rings is 1. The fourth-order valence-electron chi connectivity index (χ4n) is 2.69. The summed E-state index contributed by atoms with van der Waals surface area (Å²) in [5.74, 6) is -0.938. The van der Waals surface area contributed by atoms with E-state index in [0.29, 0.717) is 0 Å². The number of hydrogen-bond donors (Lipinski definition) is 2. The first-order valence-corrected chi connectivity index (χ1v) is 7.58. The van der Waals surface area contributed by atoms with Crippen molar-refractivity contribution < 1.29 is 9.90 Å². The molecule has 0 aliphatic carbocycles. The second-order valence-electron chi connectivity index (χ2n) is 5.48. The third-order valence-electron chi connectivity index (χ3n) is 3.85. The van der Waals surface area contributed by atoms with Crippen LogP contribution in [0.3, 0.4) is 0 Å². The second kappa shape index (κ2) is 6.08. The molecule has 4 heteroatoms. The number of carbonyl (C=O) groups is 1. The van der Waals surface area contributed by atoms with E-state index >= 15 is 0 Å². The number of rotatable bonds is 4. The number of aromatic nitrogens is 1. The van der Waals surface area contributed by atoms with Crippen molar-refractivity contribution in [1.29, 1.82) is 0 Å². The van der Waals surface area contributed by atoms with Crippen molar-refractivity contribution in [3.05, 3.63) is 65.4 Å². The van der Waals surface area contributed by atoms with Gasteiger partial charge in [0.15, 0.2) is 0 Å². The summed E-state index contributed by atoms with van der Waals surface area (Å²) < 4.78 is 0. The molecule has 116 valence electrons. The molecule has 3 rings (SSSR count). The van der Waals surface area contributed by atoms with Gasteiger partial charge in [-0.05, 0) is 49.2 Å². The number of aryl methyl sites for hydroxylation is 2. The number of benzene rings is 2. The summed E-state index contributed by atoms with van der Waals surface area (Å²) in [5, 5.41) is 13.5. The van der Waals surface area contributed by atoms with Crippen molar-refractivity contribution in [3.63, 3.8) is 0 Å². The largest absolute Gasteiger partial charge is 0.478 e. The van der Waals surface area contributed by atoms with E-state index in [1.54, 1.807) is 18.2 Å². The zero-order valence-electron chi connectivity index (χ0n) is 13.1. The van der Waals surface area contributed by atoms with E-state index in [4.69, 9.17) is 0 Å². The van der Waals surface area contributed by atoms with Gasteiger partial charge in [-0.3, -0.25) is 4.98 Å². The lowest BCUT2D eigenvalue weighted by molar-refractivity contribution is 0.0697. The molecule has 0 atom stereocenters. The van der Waals surface area contributed by atoms with E-state index in [2.05, 4.69) is 23.3 Å². The predicted molar refractivity (Wildman–Crippen MR) is 92.5 cm³/mol. The summed E-state index contributed by atoms with van der Waals surface area (Å²) in [6.07, 6.45) is 0.922. The van der Waals surface area contributed by atoms with E-state index in [-0.39, 0.29) is 5.56 Å². The summed E-state index contributed by atoms with van der Waals surface area (Å²) in [6.45, 7) is 4.04. The number of aromatic carboxylic acids is 1. The highest BCUT2D eigenvalue weighted by Crippen LogP contribution is 2.29. The molecule has 2 aromatic carbocycles. The summed E-state index contributed by atoms with van der Waals surface area (Å²) in [5.41, 5.74) is 5.04. The quantitative estimate of drug-likeness (QED) is 0.742. The lowest BCUT2D eigenvalue weighted by atomic mass is 10.1. The van der Waals surface area contributed by atoms with E-state index in [1.165, 1.54) is 5.56 Å². The van der Waals surface area contributed by atoms with Crippen molar-refractivity contribution >= 4 is 28.2 Å². The maximum atomic E-state index is 11.2. The Hall–Kier alpha value is -2.88. The van der Waals surface area contributed by atoms with Gasteiger partial charge in [0, 0.05) is 22.5 Å². The number of carboxylic acids is 1. The number of nitrogens with zero attached hydrogens (tertiary/aromatic N) is 1. The Kier molecular flexibility index (Phi) is 3.98. The first kappa shape index (κ1) is 15.0. The minimum Gasteiger partial charge on any atom is -0.478 e. The van der Waals surface area contributed by atoms with E-state index in [9.17, 15) is 9.90 Å². The molecule has 1 aromatic heterocycles. The summed E-state index contributed by atoms with van der Waals surface area (Å²) >= 11 is 0. The lowest BCUT2D eigenvalue weighted by Gasteiger charge is -2.14. The van der Waals surface area contributed by atoms with Crippen LogP contribution in [-0.4, -0.2) is 16.1 Å². The monoisotopic (exact) mass is 306 g/mol. The molecule has 23 heavy (non-hydrogen) atoms. The van der Waals surface area contributed by atoms with Crippen LogP contribution in [0, 0.1) is 6.92 Å². The molecule has 0 aliphatic rings. The first-order chi connectivity index (χ1) is 11.1. The summed E-state index contributed by atoms with van der Waals surface area (Å²) in [7, 11) is 0. The minimum atomic E-state index is -0.938. The molecule has 0 saturated carbocycles. The maximum Gasteiger partial charge on any atom is 0.335 e. The van der Waals surface area contributed by atoms with E-state index < -0.39 is 5.97 Å². The second-order valence-corrected chi connectivity index (χ2v) is 5.48. The molecule has 0 unspecified atom stereocenters. The van der Waals surface area contributed by atoms with Crippen molar-refractivity contribution in [2.75, 3.05) is 5.32 Å². The van der Waals surface area contributed by atoms with Gasteiger partial charge < -0.3 is 10.4 Å². The highest BCUT2D eigenvalue weighted by molar-refractivity contribution is 5.99. The Morgan fingerprint density at radius 3 is 2.65 bits per heavy atom. The molecule has 0 amide bonds. The van der Waals surface area contributed by atoms with Gasteiger partial charge in [0.1, 0.15) is 0 Å². The number of para-hydroxylation sites is 1. The third kappa shape index (κ3) is 3.01. The van der Waals surface area contributed by atoms with Crippen molar-refractivity contribution in [2.45, 2.75) is 20.3 Å². The number of hydrogen-bond acceptors (Lipinski definition) is 3. The first-order valence-electron chi connectivity index (χ1n) is 7.58. The highest BCUT2D eigenvalue weighted by Gasteiger charge is 2.10. The van der Waals surface area contributed by atoms with Crippen LogP contribution in [0.25, 0.3) is 10.9 Å². The van der Waals surface area contributed by atoms with E-state index in [0.717, 1.165) is 34.4 Å². The van der Waals surface area contributed by atoms with Crippen molar-refractivity contribution in [3.8, 4) is 0 Å². The standard InChI is InChI=1S/C19H18N2O2/c1-3-13-6-4-5-7-16(13)21-18-10-12(2)20-17-9-8-14(19(22)23)11-15(17)18/h4-11H,3H2,1-2H3,(H,20,21)(H,22,23). The van der Waals surface area contributed by atoms with Crippen LogP contribution in [0.15, 0.2) is 48.5 Å². The molecule has 0 saturated heterocycles. The molecule has 2 N–H and O–H groups in total. The van der Waals surface area contributed by atoms with Crippen molar-refractivity contribution in [2.24, 2.45) is 0 Å². The maximum absolute atomic E-state index is 11.2. The fourth-order valence-corrected chi connectivity index (χ4v) is 2.69. The number of fused-ring (bicyclic) bond motifs is 1. The zero-order valence-corrected chi connectivity index (χ0v) is 13.1. The van der Waals surface area contributed by atoms with Gasteiger partial charge >= 0.3 is 5.97 Å². The average Bonchev–Trinajstić information content (AvgIpc) is 2.54. The molecule has 3 aromatic rings. The minimum absolute atomic E-state index is 0.259. The van der Waals surface area contributed by atoms with Crippen LogP contribution in [-0.2, 0) is 6.42 Å². The van der Waals surface area contributed by atoms with Gasteiger partial charge in [-0.1, -0.05) is 25.1 Å². The third-order valence-corrected chi connectivity index (χ3v) is 3.85.